The standard InChI is InChI=1S/C16H18F2N2O.2ClH/c1-19-8-9-20-11-12-6-7-16(14(18)10-12)21-15-5-3-2-4-13(15)17;;/h2-7,10,19-20H,8-9,11H2,1H3;2*1H. The summed E-state index contributed by atoms with van der Waals surface area (Å²) in [4.78, 5) is 0. The van der Waals surface area contributed by atoms with E-state index in [1.165, 1.54) is 24.3 Å². The van der Waals surface area contributed by atoms with E-state index in [0.717, 1.165) is 18.7 Å². The summed E-state index contributed by atoms with van der Waals surface area (Å²) in [5.41, 5.74) is 0.810. The summed E-state index contributed by atoms with van der Waals surface area (Å²) in [5.74, 6) is -1.00. The lowest BCUT2D eigenvalue weighted by atomic mass is 10.2. The number of hydrogen-bond donors (Lipinski definition) is 2. The summed E-state index contributed by atoms with van der Waals surface area (Å²) >= 11 is 0. The lowest BCUT2D eigenvalue weighted by molar-refractivity contribution is 0.414. The van der Waals surface area contributed by atoms with Gasteiger partial charge in [-0.3, -0.25) is 0 Å². The van der Waals surface area contributed by atoms with Gasteiger partial charge < -0.3 is 15.4 Å². The van der Waals surface area contributed by atoms with E-state index in [9.17, 15) is 8.78 Å². The quantitative estimate of drug-likeness (QED) is 0.730. The van der Waals surface area contributed by atoms with Gasteiger partial charge in [-0.15, -0.1) is 24.8 Å². The first-order chi connectivity index (χ1) is 10.2. The average molecular weight is 365 g/mol. The maximum atomic E-state index is 14.0. The fourth-order valence-electron chi connectivity index (χ4n) is 1.83. The topological polar surface area (TPSA) is 33.3 Å². The van der Waals surface area contributed by atoms with Crippen LogP contribution in [0.5, 0.6) is 11.5 Å². The number of benzene rings is 2. The number of likely N-dealkylation sites (N-methyl/N-ethyl adjacent to an activating group) is 1. The van der Waals surface area contributed by atoms with Crippen molar-refractivity contribution < 1.29 is 13.5 Å². The van der Waals surface area contributed by atoms with Gasteiger partial charge in [0.05, 0.1) is 0 Å². The predicted molar refractivity (Wildman–Crippen MR) is 93.0 cm³/mol. The van der Waals surface area contributed by atoms with Gasteiger partial charge in [0.25, 0.3) is 0 Å². The number of hydrogen-bond acceptors (Lipinski definition) is 3. The molecule has 0 saturated heterocycles. The van der Waals surface area contributed by atoms with Gasteiger partial charge in [-0.1, -0.05) is 18.2 Å². The molecule has 0 radical (unpaired) electrons. The summed E-state index contributed by atoms with van der Waals surface area (Å²) in [6.07, 6.45) is 0. The van der Waals surface area contributed by atoms with Crippen LogP contribution in [0.1, 0.15) is 5.56 Å². The second-order valence-corrected chi connectivity index (χ2v) is 4.58. The normalized spacial score (nSPS) is 9.70. The van der Waals surface area contributed by atoms with Crippen LogP contribution in [0.25, 0.3) is 0 Å². The van der Waals surface area contributed by atoms with E-state index < -0.39 is 11.6 Å². The molecule has 0 fully saturated rings. The molecule has 0 aliphatic carbocycles. The number of para-hydroxylation sites is 1. The van der Waals surface area contributed by atoms with E-state index in [1.807, 2.05) is 7.05 Å². The minimum absolute atomic E-state index is 0. The zero-order chi connectivity index (χ0) is 15.1. The monoisotopic (exact) mass is 364 g/mol. The summed E-state index contributed by atoms with van der Waals surface area (Å²) in [5, 5.41) is 6.19. The van der Waals surface area contributed by atoms with Crippen molar-refractivity contribution >= 4 is 24.8 Å². The van der Waals surface area contributed by atoms with E-state index >= 15 is 0 Å². The third-order valence-corrected chi connectivity index (χ3v) is 2.93. The molecule has 0 atom stereocenters. The first-order valence-corrected chi connectivity index (χ1v) is 6.77. The fraction of sp³-hybridized carbons (Fsp3) is 0.250. The second kappa shape index (κ2) is 11.2. The van der Waals surface area contributed by atoms with Crippen LogP contribution in [-0.4, -0.2) is 20.1 Å². The Morgan fingerprint density at radius 1 is 0.913 bits per heavy atom. The molecule has 0 heterocycles. The van der Waals surface area contributed by atoms with Crippen molar-refractivity contribution in [1.82, 2.24) is 10.6 Å². The smallest absolute Gasteiger partial charge is 0.166 e. The third kappa shape index (κ3) is 6.71. The molecule has 0 unspecified atom stereocenters. The van der Waals surface area contributed by atoms with Gasteiger partial charge in [0, 0.05) is 19.6 Å². The van der Waals surface area contributed by atoms with Crippen LogP contribution in [-0.2, 0) is 6.54 Å². The van der Waals surface area contributed by atoms with Crippen LogP contribution in [0.3, 0.4) is 0 Å². The Morgan fingerprint density at radius 2 is 1.61 bits per heavy atom. The molecule has 0 aliphatic rings. The van der Waals surface area contributed by atoms with E-state index in [4.69, 9.17) is 4.74 Å². The largest absolute Gasteiger partial charge is 0.451 e. The summed E-state index contributed by atoms with van der Waals surface area (Å²) in [6.45, 7) is 2.21. The first-order valence-electron chi connectivity index (χ1n) is 6.77. The predicted octanol–water partition coefficient (Wildman–Crippen LogP) is 3.91. The zero-order valence-corrected chi connectivity index (χ0v) is 14.3. The minimum Gasteiger partial charge on any atom is -0.451 e. The molecule has 23 heavy (non-hydrogen) atoms. The Kier molecular flexibility index (Phi) is 10.5. The molecular weight excluding hydrogens is 345 g/mol. The van der Waals surface area contributed by atoms with Gasteiger partial charge in [-0.05, 0) is 36.9 Å². The van der Waals surface area contributed by atoms with Gasteiger partial charge in [-0.2, -0.15) is 0 Å². The van der Waals surface area contributed by atoms with Crippen LogP contribution in [0.15, 0.2) is 42.5 Å². The molecule has 7 heteroatoms. The van der Waals surface area contributed by atoms with E-state index in [0.29, 0.717) is 6.54 Å². The molecule has 3 nitrogen and oxygen atoms in total. The Morgan fingerprint density at radius 3 is 2.26 bits per heavy atom. The molecular formula is C16H20Cl2F2N2O. The highest BCUT2D eigenvalue weighted by Crippen LogP contribution is 2.27. The SMILES string of the molecule is CNCCNCc1ccc(Oc2ccccc2F)c(F)c1.Cl.Cl. The van der Waals surface area contributed by atoms with Gasteiger partial charge in [0.15, 0.2) is 23.1 Å². The lowest BCUT2D eigenvalue weighted by Crippen LogP contribution is -2.24. The zero-order valence-electron chi connectivity index (χ0n) is 12.6. The molecule has 2 aromatic rings. The Bertz CT molecular complexity index is 600. The van der Waals surface area contributed by atoms with Gasteiger partial charge >= 0.3 is 0 Å². The number of nitrogens with one attached hydrogen (secondary N) is 2. The maximum absolute atomic E-state index is 14.0. The highest BCUT2D eigenvalue weighted by atomic mass is 35.5. The van der Waals surface area contributed by atoms with Crippen molar-refractivity contribution in [2.24, 2.45) is 0 Å². The molecule has 0 amide bonds. The summed E-state index contributed by atoms with van der Waals surface area (Å²) in [6, 6.07) is 10.6. The third-order valence-electron chi connectivity index (χ3n) is 2.93. The second-order valence-electron chi connectivity index (χ2n) is 4.58. The molecule has 2 aromatic carbocycles. The van der Waals surface area contributed by atoms with Crippen molar-refractivity contribution in [2.45, 2.75) is 6.54 Å². The first kappa shape index (κ1) is 21.6. The summed E-state index contributed by atoms with van der Waals surface area (Å²) < 4.78 is 32.7. The molecule has 0 aromatic heterocycles. The van der Waals surface area contributed by atoms with E-state index in [-0.39, 0.29) is 36.3 Å². The van der Waals surface area contributed by atoms with Gasteiger partial charge in [-0.25, -0.2) is 8.78 Å². The molecule has 128 valence electrons. The molecule has 2 N–H and O–H groups in total. The van der Waals surface area contributed by atoms with Crippen molar-refractivity contribution in [3.63, 3.8) is 0 Å². The number of ether oxygens (including phenoxy) is 1. The highest BCUT2D eigenvalue weighted by Gasteiger charge is 2.08. The number of halogens is 4. The van der Waals surface area contributed by atoms with Gasteiger partial charge in [0.1, 0.15) is 0 Å². The Balaban J connectivity index is 0.00000242. The van der Waals surface area contributed by atoms with Crippen LogP contribution in [0.4, 0.5) is 8.78 Å². The van der Waals surface area contributed by atoms with Crippen LogP contribution in [0.2, 0.25) is 0 Å². The average Bonchev–Trinajstić information content (AvgIpc) is 2.48. The van der Waals surface area contributed by atoms with Crippen LogP contribution in [0, 0.1) is 11.6 Å². The molecule has 2 rings (SSSR count). The van der Waals surface area contributed by atoms with E-state index in [1.54, 1.807) is 18.2 Å². The minimum atomic E-state index is -0.519. The van der Waals surface area contributed by atoms with Crippen LogP contribution < -0.4 is 15.4 Å². The van der Waals surface area contributed by atoms with Gasteiger partial charge in [0.2, 0.25) is 0 Å². The van der Waals surface area contributed by atoms with Crippen molar-refractivity contribution in [3.05, 3.63) is 59.7 Å². The van der Waals surface area contributed by atoms with Crippen molar-refractivity contribution in [2.75, 3.05) is 20.1 Å². The molecule has 0 saturated carbocycles. The van der Waals surface area contributed by atoms with Crippen molar-refractivity contribution in [3.8, 4) is 11.5 Å². The fourth-order valence-corrected chi connectivity index (χ4v) is 1.83. The molecule has 0 bridgehead atoms. The Labute approximate surface area is 147 Å². The van der Waals surface area contributed by atoms with E-state index in [2.05, 4.69) is 10.6 Å². The highest BCUT2D eigenvalue weighted by molar-refractivity contribution is 5.85. The Hall–Kier alpha value is -1.40. The van der Waals surface area contributed by atoms with Crippen molar-refractivity contribution in [1.29, 1.82) is 0 Å². The number of rotatable bonds is 7. The summed E-state index contributed by atoms with van der Waals surface area (Å²) in [7, 11) is 1.87. The maximum Gasteiger partial charge on any atom is 0.166 e. The lowest BCUT2D eigenvalue weighted by Gasteiger charge is -2.09. The molecule has 0 spiro atoms. The van der Waals surface area contributed by atoms with Crippen LogP contribution >= 0.6 is 24.8 Å². The molecule has 0 aliphatic heterocycles.